The molecule has 1 atom stereocenters. The normalized spacial score (nSPS) is 17.1. The molecule has 6 heteroatoms. The molecule has 1 aromatic rings. The summed E-state index contributed by atoms with van der Waals surface area (Å²) in [6.45, 7) is 5.14. The summed E-state index contributed by atoms with van der Waals surface area (Å²) in [5, 5.41) is 9.03. The van der Waals surface area contributed by atoms with Crippen LogP contribution in [0.4, 0.5) is 0 Å². The monoisotopic (exact) mass is 334 g/mol. The van der Waals surface area contributed by atoms with Crippen molar-refractivity contribution in [2.75, 3.05) is 13.7 Å². The lowest BCUT2D eigenvalue weighted by Gasteiger charge is -2.28. The summed E-state index contributed by atoms with van der Waals surface area (Å²) in [4.78, 5) is 27.3. The zero-order chi connectivity index (χ0) is 17.2. The topological polar surface area (TPSA) is 70.4 Å². The molecule has 1 amide bonds. The molecule has 0 saturated carbocycles. The maximum Gasteiger partial charge on any atom is 0.348 e. The minimum Gasteiger partial charge on any atom is -0.451 e. The Kier molecular flexibility index (Phi) is 5.10. The van der Waals surface area contributed by atoms with Gasteiger partial charge in [-0.1, -0.05) is 6.92 Å². The highest BCUT2D eigenvalue weighted by molar-refractivity contribution is 7.14. The third kappa shape index (κ3) is 3.91. The number of hydrogen-bond donors (Lipinski definition) is 0. The number of ether oxygens (including phenoxy) is 1. The zero-order valence-electron chi connectivity index (χ0n) is 14.0. The summed E-state index contributed by atoms with van der Waals surface area (Å²) in [6, 6.07) is 3.94. The van der Waals surface area contributed by atoms with E-state index in [0.717, 1.165) is 19.3 Å². The van der Waals surface area contributed by atoms with Gasteiger partial charge in [0.1, 0.15) is 10.4 Å². The summed E-state index contributed by atoms with van der Waals surface area (Å²) >= 11 is 1.46. The fourth-order valence-electron chi connectivity index (χ4n) is 2.49. The van der Waals surface area contributed by atoms with Crippen LogP contribution >= 0.6 is 11.3 Å². The first-order valence-electron chi connectivity index (χ1n) is 7.71. The van der Waals surface area contributed by atoms with Crippen LogP contribution in [0.25, 0.3) is 0 Å². The highest BCUT2D eigenvalue weighted by Crippen LogP contribution is 2.32. The van der Waals surface area contributed by atoms with E-state index in [1.807, 2.05) is 12.1 Å². The van der Waals surface area contributed by atoms with E-state index in [0.29, 0.717) is 10.8 Å². The lowest BCUT2D eigenvalue weighted by Crippen LogP contribution is -2.45. The third-order valence-electron chi connectivity index (χ3n) is 4.34. The average molecular weight is 334 g/mol. The number of hydrogen-bond acceptors (Lipinski definition) is 5. The van der Waals surface area contributed by atoms with Crippen molar-refractivity contribution in [3.05, 3.63) is 21.4 Å². The van der Waals surface area contributed by atoms with Crippen molar-refractivity contribution in [1.29, 1.82) is 5.26 Å². The smallest absolute Gasteiger partial charge is 0.348 e. The predicted molar refractivity (Wildman–Crippen MR) is 88.3 cm³/mol. The Morgan fingerprint density at radius 1 is 1.52 bits per heavy atom. The fraction of sp³-hybridized carbons (Fsp3) is 0.588. The molecule has 0 N–H and O–H groups in total. The largest absolute Gasteiger partial charge is 0.451 e. The second-order valence-corrected chi connectivity index (χ2v) is 7.74. The molecule has 2 rings (SSSR count). The predicted octanol–water partition coefficient (Wildman–Crippen LogP) is 2.79. The van der Waals surface area contributed by atoms with E-state index in [4.69, 9.17) is 10.00 Å². The zero-order valence-corrected chi connectivity index (χ0v) is 14.8. The Labute approximate surface area is 140 Å². The van der Waals surface area contributed by atoms with Crippen molar-refractivity contribution < 1.29 is 14.3 Å². The third-order valence-corrected chi connectivity index (χ3v) is 5.56. The lowest BCUT2D eigenvalue weighted by atomic mass is 9.90. The van der Waals surface area contributed by atoms with Gasteiger partial charge in [0.25, 0.3) is 5.91 Å². The number of nitriles is 1. The van der Waals surface area contributed by atoms with Crippen LogP contribution in [0.15, 0.2) is 6.07 Å². The molecule has 0 bridgehead atoms. The second kappa shape index (κ2) is 6.71. The van der Waals surface area contributed by atoms with Crippen LogP contribution in [0, 0.1) is 17.2 Å². The lowest BCUT2D eigenvalue weighted by molar-refractivity contribution is -0.136. The molecule has 0 saturated heterocycles. The summed E-state index contributed by atoms with van der Waals surface area (Å²) in [6.07, 6.45) is 3.15. The highest BCUT2D eigenvalue weighted by Gasteiger charge is 2.28. The molecule has 0 radical (unpaired) electrons. The highest BCUT2D eigenvalue weighted by atomic mass is 32.1. The van der Waals surface area contributed by atoms with Crippen molar-refractivity contribution in [2.45, 2.75) is 45.6 Å². The minimum atomic E-state index is -0.929. The summed E-state index contributed by atoms with van der Waals surface area (Å²) in [7, 11) is 1.53. The molecule has 1 aromatic heterocycles. The molecule has 23 heavy (non-hydrogen) atoms. The molecule has 0 fully saturated rings. The number of amides is 1. The van der Waals surface area contributed by atoms with Gasteiger partial charge in [-0.25, -0.2) is 4.79 Å². The molecule has 0 aromatic carbocycles. The number of rotatable bonds is 4. The Morgan fingerprint density at radius 3 is 2.87 bits per heavy atom. The Hall–Kier alpha value is -1.87. The van der Waals surface area contributed by atoms with Crippen LogP contribution in [0.1, 0.15) is 47.3 Å². The number of thiophene rings is 1. The van der Waals surface area contributed by atoms with Gasteiger partial charge < -0.3 is 9.64 Å². The van der Waals surface area contributed by atoms with E-state index in [9.17, 15) is 9.59 Å². The van der Waals surface area contributed by atoms with E-state index in [1.165, 1.54) is 33.7 Å². The molecule has 1 aliphatic rings. The van der Waals surface area contributed by atoms with E-state index >= 15 is 0 Å². The Morgan fingerprint density at radius 2 is 2.22 bits per heavy atom. The van der Waals surface area contributed by atoms with Crippen LogP contribution in [-0.4, -0.2) is 36.0 Å². The number of likely N-dealkylation sites (N-methyl/N-ethyl adjacent to an activating group) is 1. The number of fused-ring (bicyclic) bond motifs is 1. The molecule has 5 nitrogen and oxygen atoms in total. The first-order chi connectivity index (χ1) is 10.7. The number of nitrogens with zero attached hydrogens (tertiary/aromatic N) is 2. The van der Waals surface area contributed by atoms with Gasteiger partial charge in [-0.3, -0.25) is 4.79 Å². The van der Waals surface area contributed by atoms with Gasteiger partial charge in [0.05, 0.1) is 6.07 Å². The standard InChI is InChI=1S/C17H22N2O3S/c1-11-5-6-13-12(7-11)8-14(23-13)16(21)22-9-15(20)19(4)17(2,3)10-18/h8,11H,5-7,9H2,1-4H3/t11-/m1/s1. The van der Waals surface area contributed by atoms with Crippen LogP contribution in [-0.2, 0) is 22.4 Å². The first kappa shape index (κ1) is 17.5. The minimum absolute atomic E-state index is 0.348. The van der Waals surface area contributed by atoms with Gasteiger partial charge in [0.15, 0.2) is 6.61 Å². The van der Waals surface area contributed by atoms with Gasteiger partial charge in [0, 0.05) is 11.9 Å². The van der Waals surface area contributed by atoms with E-state index in [2.05, 4.69) is 6.92 Å². The van der Waals surface area contributed by atoms with E-state index < -0.39 is 11.5 Å². The van der Waals surface area contributed by atoms with Crippen LogP contribution in [0.5, 0.6) is 0 Å². The van der Waals surface area contributed by atoms with Crippen molar-refractivity contribution in [1.82, 2.24) is 4.90 Å². The van der Waals surface area contributed by atoms with Crippen molar-refractivity contribution in [2.24, 2.45) is 5.92 Å². The van der Waals surface area contributed by atoms with Crippen LogP contribution in [0.2, 0.25) is 0 Å². The van der Waals surface area contributed by atoms with Crippen molar-refractivity contribution >= 4 is 23.2 Å². The van der Waals surface area contributed by atoms with Gasteiger partial charge >= 0.3 is 5.97 Å². The molecule has 0 spiro atoms. The average Bonchev–Trinajstić information content (AvgIpc) is 2.94. The quantitative estimate of drug-likeness (QED) is 0.794. The van der Waals surface area contributed by atoms with Crippen molar-refractivity contribution in [3.63, 3.8) is 0 Å². The van der Waals surface area contributed by atoms with Gasteiger partial charge in [-0.15, -0.1) is 11.3 Å². The van der Waals surface area contributed by atoms with Crippen molar-refractivity contribution in [3.8, 4) is 6.07 Å². The number of carbonyl (C=O) groups is 2. The molecule has 1 heterocycles. The molecular formula is C17H22N2O3S. The molecule has 1 aliphatic carbocycles. The SMILES string of the molecule is C[C@@H]1CCc2sc(C(=O)OCC(=O)N(C)C(C)(C)C#N)cc2C1. The Bertz CT molecular complexity index is 657. The van der Waals surface area contributed by atoms with Gasteiger partial charge in [-0.05, 0) is 50.7 Å². The van der Waals surface area contributed by atoms with Gasteiger partial charge in [-0.2, -0.15) is 5.26 Å². The summed E-state index contributed by atoms with van der Waals surface area (Å²) < 4.78 is 5.13. The molecule has 0 aliphatic heterocycles. The molecule has 124 valence electrons. The fourth-order valence-corrected chi connectivity index (χ4v) is 3.59. The summed E-state index contributed by atoms with van der Waals surface area (Å²) in [5.41, 5.74) is 0.302. The van der Waals surface area contributed by atoms with E-state index in [1.54, 1.807) is 13.8 Å². The number of aryl methyl sites for hydroxylation is 1. The number of esters is 1. The molecular weight excluding hydrogens is 312 g/mol. The Balaban J connectivity index is 1.96. The van der Waals surface area contributed by atoms with Crippen LogP contribution < -0.4 is 0 Å². The summed E-state index contributed by atoms with van der Waals surface area (Å²) in [5.74, 6) is -0.210. The van der Waals surface area contributed by atoms with Gasteiger partial charge in [0.2, 0.25) is 0 Å². The van der Waals surface area contributed by atoms with Crippen LogP contribution in [0.3, 0.4) is 0 Å². The van der Waals surface area contributed by atoms with E-state index in [-0.39, 0.29) is 12.5 Å². The maximum atomic E-state index is 12.1. The molecule has 0 unspecified atom stereocenters. The number of carbonyl (C=O) groups excluding carboxylic acids is 2. The second-order valence-electron chi connectivity index (χ2n) is 6.61. The first-order valence-corrected chi connectivity index (χ1v) is 8.53. The maximum absolute atomic E-state index is 12.1.